The monoisotopic (exact) mass is 335 g/mol. The Morgan fingerprint density at radius 1 is 1.08 bits per heavy atom. The van der Waals surface area contributed by atoms with Gasteiger partial charge in [-0.1, -0.05) is 30.3 Å². The van der Waals surface area contributed by atoms with Crippen molar-refractivity contribution in [3.63, 3.8) is 0 Å². The first kappa shape index (κ1) is 19.6. The highest BCUT2D eigenvalue weighted by Gasteiger charge is 2.19. The Bertz CT molecular complexity index is 534. The molecule has 0 saturated carbocycles. The summed E-state index contributed by atoms with van der Waals surface area (Å²) in [7, 11) is 0. The maximum absolute atomic E-state index is 11.8. The van der Waals surface area contributed by atoms with Crippen LogP contribution in [0.15, 0.2) is 30.3 Å². The second kappa shape index (κ2) is 11.2. The van der Waals surface area contributed by atoms with Gasteiger partial charge in [0.15, 0.2) is 0 Å². The van der Waals surface area contributed by atoms with Gasteiger partial charge in [-0.2, -0.15) is 0 Å². The lowest BCUT2D eigenvalue weighted by atomic mass is 10.1. The van der Waals surface area contributed by atoms with Crippen LogP contribution in [0.3, 0.4) is 0 Å². The van der Waals surface area contributed by atoms with Crippen molar-refractivity contribution in [2.45, 2.75) is 38.1 Å². The molecule has 7 nitrogen and oxygen atoms in total. The van der Waals surface area contributed by atoms with E-state index in [1.54, 1.807) is 0 Å². The van der Waals surface area contributed by atoms with Crippen molar-refractivity contribution in [3.8, 4) is 0 Å². The smallest absolute Gasteiger partial charge is 0.326 e. The predicted molar refractivity (Wildman–Crippen MR) is 90.2 cm³/mol. The fourth-order valence-corrected chi connectivity index (χ4v) is 2.17. The summed E-state index contributed by atoms with van der Waals surface area (Å²) in [4.78, 5) is 34.6. The van der Waals surface area contributed by atoms with Gasteiger partial charge in [-0.25, -0.2) is 4.79 Å². The third-order valence-corrected chi connectivity index (χ3v) is 3.51. The number of carbonyl (C=O) groups excluding carboxylic acids is 2. The SMILES string of the molecule is NCCCC[C@H](NC(=O)CNC(=O)CCc1ccccc1)C(=O)O. The topological polar surface area (TPSA) is 122 Å². The molecule has 0 fully saturated rings. The molecular formula is C17H25N3O4. The van der Waals surface area contributed by atoms with E-state index >= 15 is 0 Å². The van der Waals surface area contributed by atoms with Gasteiger partial charge in [0.1, 0.15) is 6.04 Å². The zero-order valence-corrected chi connectivity index (χ0v) is 13.7. The van der Waals surface area contributed by atoms with Gasteiger partial charge in [0, 0.05) is 6.42 Å². The predicted octanol–water partition coefficient (Wildman–Crippen LogP) is 0.434. The van der Waals surface area contributed by atoms with Crippen LogP contribution >= 0.6 is 0 Å². The molecule has 24 heavy (non-hydrogen) atoms. The summed E-state index contributed by atoms with van der Waals surface area (Å²) in [5.41, 5.74) is 6.41. The van der Waals surface area contributed by atoms with Crippen molar-refractivity contribution in [3.05, 3.63) is 35.9 Å². The summed E-state index contributed by atoms with van der Waals surface area (Å²) in [6.45, 7) is 0.256. The Morgan fingerprint density at radius 3 is 2.42 bits per heavy atom. The van der Waals surface area contributed by atoms with Crippen molar-refractivity contribution in [2.75, 3.05) is 13.1 Å². The lowest BCUT2D eigenvalue weighted by Crippen LogP contribution is -2.45. The standard InChI is InChI=1S/C17H25N3O4/c18-11-5-4-8-14(17(23)24)20-16(22)12-19-15(21)10-9-13-6-2-1-3-7-13/h1-3,6-7,14H,4-5,8-12,18H2,(H,19,21)(H,20,22)(H,23,24)/t14-/m0/s1. The highest BCUT2D eigenvalue weighted by Crippen LogP contribution is 2.02. The average molecular weight is 335 g/mol. The molecule has 5 N–H and O–H groups in total. The Hall–Kier alpha value is -2.41. The highest BCUT2D eigenvalue weighted by molar-refractivity contribution is 5.87. The van der Waals surface area contributed by atoms with E-state index < -0.39 is 17.9 Å². The number of rotatable bonds is 11. The summed E-state index contributed by atoms with van der Waals surface area (Å²) in [5.74, 6) is -1.84. The summed E-state index contributed by atoms with van der Waals surface area (Å²) in [5, 5.41) is 14.0. The lowest BCUT2D eigenvalue weighted by molar-refractivity contribution is -0.142. The molecule has 0 heterocycles. The quantitative estimate of drug-likeness (QED) is 0.437. The number of aryl methyl sites for hydroxylation is 1. The van der Waals surface area contributed by atoms with Gasteiger partial charge in [-0.3, -0.25) is 9.59 Å². The van der Waals surface area contributed by atoms with E-state index in [1.807, 2.05) is 30.3 Å². The first-order chi connectivity index (χ1) is 11.5. The number of hydrogen-bond acceptors (Lipinski definition) is 4. The van der Waals surface area contributed by atoms with E-state index in [0.717, 1.165) is 5.56 Å². The average Bonchev–Trinajstić information content (AvgIpc) is 2.58. The van der Waals surface area contributed by atoms with Gasteiger partial charge < -0.3 is 21.5 Å². The lowest BCUT2D eigenvalue weighted by Gasteiger charge is -2.14. The fourth-order valence-electron chi connectivity index (χ4n) is 2.17. The van der Waals surface area contributed by atoms with Crippen molar-refractivity contribution >= 4 is 17.8 Å². The molecule has 0 radical (unpaired) electrons. The third kappa shape index (κ3) is 8.28. The van der Waals surface area contributed by atoms with E-state index in [-0.39, 0.29) is 18.9 Å². The molecule has 0 aliphatic carbocycles. The molecule has 0 aliphatic rings. The Balaban J connectivity index is 2.27. The summed E-state index contributed by atoms with van der Waals surface area (Å²) in [6, 6.07) is 8.61. The van der Waals surface area contributed by atoms with Crippen LogP contribution in [-0.2, 0) is 20.8 Å². The van der Waals surface area contributed by atoms with Crippen LogP contribution in [-0.4, -0.2) is 42.0 Å². The maximum Gasteiger partial charge on any atom is 0.326 e. The maximum atomic E-state index is 11.8. The highest BCUT2D eigenvalue weighted by atomic mass is 16.4. The number of nitrogens with one attached hydrogen (secondary N) is 2. The van der Waals surface area contributed by atoms with E-state index in [2.05, 4.69) is 10.6 Å². The van der Waals surface area contributed by atoms with Crippen molar-refractivity contribution in [2.24, 2.45) is 5.73 Å². The molecule has 7 heteroatoms. The number of amides is 2. The molecule has 0 spiro atoms. The zero-order valence-electron chi connectivity index (χ0n) is 13.7. The van der Waals surface area contributed by atoms with Crippen LogP contribution in [0, 0.1) is 0 Å². The normalized spacial score (nSPS) is 11.5. The second-order valence-corrected chi connectivity index (χ2v) is 5.51. The van der Waals surface area contributed by atoms with Crippen molar-refractivity contribution in [1.82, 2.24) is 10.6 Å². The number of nitrogens with two attached hydrogens (primary N) is 1. The van der Waals surface area contributed by atoms with E-state index in [0.29, 0.717) is 32.2 Å². The van der Waals surface area contributed by atoms with Crippen molar-refractivity contribution in [1.29, 1.82) is 0 Å². The van der Waals surface area contributed by atoms with Crippen LogP contribution in [0.1, 0.15) is 31.2 Å². The van der Waals surface area contributed by atoms with Gasteiger partial charge in [0.05, 0.1) is 6.54 Å². The minimum atomic E-state index is -1.09. The number of carbonyl (C=O) groups is 3. The third-order valence-electron chi connectivity index (χ3n) is 3.51. The molecule has 1 rings (SSSR count). The summed E-state index contributed by atoms with van der Waals surface area (Å²) < 4.78 is 0. The van der Waals surface area contributed by atoms with Gasteiger partial charge in [0.25, 0.3) is 0 Å². The van der Waals surface area contributed by atoms with E-state index in [9.17, 15) is 14.4 Å². The van der Waals surface area contributed by atoms with Crippen LogP contribution in [0.5, 0.6) is 0 Å². The minimum absolute atomic E-state index is 0.228. The van der Waals surface area contributed by atoms with Gasteiger partial charge >= 0.3 is 5.97 Å². The number of unbranched alkanes of at least 4 members (excludes halogenated alkanes) is 1. The Kier molecular flexibility index (Phi) is 9.14. The fraction of sp³-hybridized carbons (Fsp3) is 0.471. The first-order valence-corrected chi connectivity index (χ1v) is 8.05. The molecule has 1 aromatic carbocycles. The molecule has 1 aromatic rings. The Labute approximate surface area is 141 Å². The van der Waals surface area contributed by atoms with Gasteiger partial charge in [-0.05, 0) is 37.8 Å². The van der Waals surface area contributed by atoms with Crippen LogP contribution < -0.4 is 16.4 Å². The van der Waals surface area contributed by atoms with Gasteiger partial charge in [0.2, 0.25) is 11.8 Å². The molecule has 0 aliphatic heterocycles. The minimum Gasteiger partial charge on any atom is -0.480 e. The molecule has 0 unspecified atom stereocenters. The van der Waals surface area contributed by atoms with Crippen LogP contribution in [0.2, 0.25) is 0 Å². The molecule has 132 valence electrons. The number of carboxylic acids is 1. The molecule has 0 saturated heterocycles. The van der Waals surface area contributed by atoms with Crippen molar-refractivity contribution < 1.29 is 19.5 Å². The largest absolute Gasteiger partial charge is 0.480 e. The van der Waals surface area contributed by atoms with E-state index in [1.165, 1.54) is 0 Å². The number of hydrogen-bond donors (Lipinski definition) is 4. The number of carboxylic acid groups (broad SMARTS) is 1. The van der Waals surface area contributed by atoms with Gasteiger partial charge in [-0.15, -0.1) is 0 Å². The molecule has 1 atom stereocenters. The van der Waals surface area contributed by atoms with Crippen LogP contribution in [0.4, 0.5) is 0 Å². The van der Waals surface area contributed by atoms with Crippen LogP contribution in [0.25, 0.3) is 0 Å². The molecular weight excluding hydrogens is 310 g/mol. The second-order valence-electron chi connectivity index (χ2n) is 5.51. The first-order valence-electron chi connectivity index (χ1n) is 8.05. The number of aliphatic carboxylic acids is 1. The molecule has 2 amide bonds. The zero-order chi connectivity index (χ0) is 17.8. The Morgan fingerprint density at radius 2 is 1.79 bits per heavy atom. The summed E-state index contributed by atoms with van der Waals surface area (Å²) in [6.07, 6.45) is 2.51. The van der Waals surface area contributed by atoms with E-state index in [4.69, 9.17) is 10.8 Å². The molecule has 0 aromatic heterocycles. The summed E-state index contributed by atoms with van der Waals surface area (Å²) >= 11 is 0. The number of benzene rings is 1. The molecule has 0 bridgehead atoms.